The van der Waals surface area contributed by atoms with Crippen molar-refractivity contribution in [1.29, 1.82) is 0 Å². The van der Waals surface area contributed by atoms with Crippen LogP contribution in [0, 0.1) is 6.92 Å². The molecule has 2 aromatic heterocycles. The second kappa shape index (κ2) is 7.45. The molecule has 29 heavy (non-hydrogen) atoms. The number of fused-ring (bicyclic) bond motifs is 2. The number of hydrogen-bond acceptors (Lipinski definition) is 2. The Hall–Kier alpha value is -2.98. The van der Waals surface area contributed by atoms with Crippen molar-refractivity contribution >= 4 is 27.4 Å². The minimum atomic E-state index is 0.0823. The number of nitrogens with one attached hydrogen (secondary N) is 2. The Morgan fingerprint density at radius 3 is 2.83 bits per heavy atom. The average Bonchev–Trinajstić information content (AvgIpc) is 3.39. The van der Waals surface area contributed by atoms with E-state index in [1.807, 2.05) is 12.3 Å². The molecule has 4 heteroatoms. The van der Waals surface area contributed by atoms with Gasteiger partial charge in [0.05, 0.1) is 0 Å². The molecule has 2 aromatic carbocycles. The Bertz CT molecular complexity index is 1180. The smallest absolute Gasteiger partial charge is 0.152 e. The van der Waals surface area contributed by atoms with Gasteiger partial charge >= 0.3 is 0 Å². The Labute approximate surface area is 171 Å². The van der Waals surface area contributed by atoms with Gasteiger partial charge in [-0.2, -0.15) is 0 Å². The monoisotopic (exact) mass is 385 g/mol. The van der Waals surface area contributed by atoms with E-state index in [4.69, 9.17) is 4.74 Å². The first-order chi connectivity index (χ1) is 14.2. The van der Waals surface area contributed by atoms with Crippen molar-refractivity contribution in [2.24, 2.45) is 0 Å². The molecule has 0 bridgehead atoms. The fourth-order valence-electron chi connectivity index (χ4n) is 4.42. The molecule has 1 unspecified atom stereocenters. The number of nitrogens with zero attached hydrogens (tertiary/aromatic N) is 1. The maximum atomic E-state index is 6.45. The average molecular weight is 386 g/mol. The number of aromatic amines is 2. The molecule has 1 atom stereocenters. The van der Waals surface area contributed by atoms with E-state index >= 15 is 0 Å². The van der Waals surface area contributed by atoms with Crippen LogP contribution in [-0.4, -0.2) is 34.2 Å². The van der Waals surface area contributed by atoms with E-state index in [1.54, 1.807) is 0 Å². The summed E-state index contributed by atoms with van der Waals surface area (Å²) in [5.41, 5.74) is 6.39. The van der Waals surface area contributed by atoms with Crippen molar-refractivity contribution in [3.05, 3.63) is 72.1 Å². The van der Waals surface area contributed by atoms with Crippen molar-refractivity contribution in [2.75, 3.05) is 13.1 Å². The quantitative estimate of drug-likeness (QED) is 0.452. The maximum Gasteiger partial charge on any atom is 0.152 e. The summed E-state index contributed by atoms with van der Waals surface area (Å²) in [5.74, 6) is 0.956. The Kier molecular flexibility index (Phi) is 4.64. The van der Waals surface area contributed by atoms with Gasteiger partial charge in [-0.3, -0.25) is 4.90 Å². The summed E-state index contributed by atoms with van der Waals surface area (Å²) in [4.78, 5) is 9.14. The van der Waals surface area contributed by atoms with E-state index in [1.165, 1.54) is 27.6 Å². The third-order valence-electron chi connectivity index (χ3n) is 6.00. The highest BCUT2D eigenvalue weighted by Gasteiger charge is 2.23. The Balaban J connectivity index is 1.35. The van der Waals surface area contributed by atoms with E-state index in [0.29, 0.717) is 0 Å². The first kappa shape index (κ1) is 18.1. The van der Waals surface area contributed by atoms with E-state index in [-0.39, 0.29) is 6.23 Å². The Morgan fingerprint density at radius 2 is 2.00 bits per heavy atom. The van der Waals surface area contributed by atoms with Gasteiger partial charge < -0.3 is 14.7 Å². The minimum Gasteiger partial charge on any atom is -0.474 e. The summed E-state index contributed by atoms with van der Waals surface area (Å²) in [6.45, 7) is 6.25. The molecule has 4 aromatic rings. The van der Waals surface area contributed by atoms with Crippen molar-refractivity contribution < 1.29 is 4.74 Å². The van der Waals surface area contributed by atoms with Gasteiger partial charge in [0.2, 0.25) is 0 Å². The third-order valence-corrected chi connectivity index (χ3v) is 6.00. The van der Waals surface area contributed by atoms with Gasteiger partial charge in [0.15, 0.2) is 6.23 Å². The van der Waals surface area contributed by atoms with Gasteiger partial charge in [0.25, 0.3) is 0 Å². The topological polar surface area (TPSA) is 44.0 Å². The summed E-state index contributed by atoms with van der Waals surface area (Å²) < 4.78 is 6.45. The molecule has 148 valence electrons. The highest BCUT2D eigenvalue weighted by molar-refractivity contribution is 5.93. The predicted molar refractivity (Wildman–Crippen MR) is 120 cm³/mol. The highest BCUT2D eigenvalue weighted by atomic mass is 16.5. The molecule has 0 saturated carbocycles. The number of aryl methyl sites for hydroxylation is 1. The molecule has 0 radical (unpaired) electrons. The normalized spacial score (nSPS) is 16.3. The van der Waals surface area contributed by atoms with Gasteiger partial charge in [-0.15, -0.1) is 0 Å². The zero-order valence-corrected chi connectivity index (χ0v) is 17.0. The fraction of sp³-hybridized carbons (Fsp3) is 0.280. The van der Waals surface area contributed by atoms with Crippen LogP contribution >= 0.6 is 0 Å². The molecular formula is C25H27N3O. The van der Waals surface area contributed by atoms with E-state index in [2.05, 4.69) is 77.4 Å². The summed E-state index contributed by atoms with van der Waals surface area (Å²) in [7, 11) is 0. The summed E-state index contributed by atoms with van der Waals surface area (Å²) >= 11 is 0. The molecule has 0 aliphatic carbocycles. The molecule has 1 aliphatic heterocycles. The standard InChI is InChI=1S/C25H27N3O/c1-3-25(29-24-6-4-5-22-20(24)9-12-26-22)28-13-10-18(11-14-28)21-16-27-23-15-17(2)7-8-19(21)23/h4-10,12,15-16,25-27H,3,11,13-14H2,1-2H3. The lowest BCUT2D eigenvalue weighted by Gasteiger charge is -2.33. The SMILES string of the molecule is CCC(Oc1cccc2[nH]ccc12)N1CC=C(c2c[nH]c3cc(C)ccc23)CC1. The van der Waals surface area contributed by atoms with E-state index < -0.39 is 0 Å². The highest BCUT2D eigenvalue weighted by Crippen LogP contribution is 2.31. The van der Waals surface area contributed by atoms with Crippen LogP contribution in [-0.2, 0) is 0 Å². The van der Waals surface area contributed by atoms with Crippen LogP contribution < -0.4 is 4.74 Å². The molecule has 0 fully saturated rings. The molecule has 1 aliphatic rings. The largest absolute Gasteiger partial charge is 0.474 e. The van der Waals surface area contributed by atoms with Crippen molar-refractivity contribution in [3.8, 4) is 5.75 Å². The van der Waals surface area contributed by atoms with Gasteiger partial charge in [-0.05, 0) is 55.2 Å². The van der Waals surface area contributed by atoms with Crippen LogP contribution in [0.4, 0.5) is 0 Å². The fourth-order valence-corrected chi connectivity index (χ4v) is 4.42. The maximum absolute atomic E-state index is 6.45. The predicted octanol–water partition coefficient (Wildman–Crippen LogP) is 5.86. The van der Waals surface area contributed by atoms with Crippen LogP contribution in [0.15, 0.2) is 60.9 Å². The lowest BCUT2D eigenvalue weighted by Crippen LogP contribution is -2.41. The van der Waals surface area contributed by atoms with Crippen LogP contribution in [0.1, 0.15) is 30.9 Å². The van der Waals surface area contributed by atoms with E-state index in [9.17, 15) is 0 Å². The molecule has 3 heterocycles. The molecule has 0 amide bonds. The van der Waals surface area contributed by atoms with Crippen LogP contribution in [0.25, 0.3) is 27.4 Å². The van der Waals surface area contributed by atoms with Gasteiger partial charge in [0.1, 0.15) is 5.75 Å². The number of ether oxygens (including phenoxy) is 1. The van der Waals surface area contributed by atoms with Crippen LogP contribution in [0.5, 0.6) is 5.75 Å². The van der Waals surface area contributed by atoms with Gasteiger partial charge in [0, 0.05) is 52.9 Å². The van der Waals surface area contributed by atoms with Crippen molar-refractivity contribution in [2.45, 2.75) is 32.9 Å². The van der Waals surface area contributed by atoms with Crippen LogP contribution in [0.3, 0.4) is 0 Å². The molecular weight excluding hydrogens is 358 g/mol. The second-order valence-electron chi connectivity index (χ2n) is 7.90. The lowest BCUT2D eigenvalue weighted by atomic mass is 9.98. The Morgan fingerprint density at radius 1 is 1.07 bits per heavy atom. The molecule has 0 saturated heterocycles. The van der Waals surface area contributed by atoms with Crippen molar-refractivity contribution in [3.63, 3.8) is 0 Å². The molecule has 2 N–H and O–H groups in total. The summed E-state index contributed by atoms with van der Waals surface area (Å²) in [6, 6.07) is 14.9. The van der Waals surface area contributed by atoms with Crippen molar-refractivity contribution in [1.82, 2.24) is 14.9 Å². The number of benzene rings is 2. The summed E-state index contributed by atoms with van der Waals surface area (Å²) in [5, 5.41) is 2.46. The first-order valence-corrected chi connectivity index (χ1v) is 10.5. The third kappa shape index (κ3) is 3.34. The zero-order chi connectivity index (χ0) is 19.8. The van der Waals surface area contributed by atoms with Gasteiger partial charge in [-0.1, -0.05) is 31.2 Å². The zero-order valence-electron chi connectivity index (χ0n) is 17.0. The summed E-state index contributed by atoms with van der Waals surface area (Å²) in [6.07, 6.45) is 8.57. The lowest BCUT2D eigenvalue weighted by molar-refractivity contribution is 0.0312. The number of hydrogen-bond donors (Lipinski definition) is 2. The number of H-pyrrole nitrogens is 2. The molecule has 0 spiro atoms. The molecule has 4 nitrogen and oxygen atoms in total. The van der Waals surface area contributed by atoms with Crippen LogP contribution in [0.2, 0.25) is 0 Å². The number of rotatable bonds is 5. The minimum absolute atomic E-state index is 0.0823. The second-order valence-corrected chi connectivity index (χ2v) is 7.90. The number of aromatic nitrogens is 2. The first-order valence-electron chi connectivity index (χ1n) is 10.5. The van der Waals surface area contributed by atoms with Gasteiger partial charge in [-0.25, -0.2) is 0 Å². The van der Waals surface area contributed by atoms with E-state index in [0.717, 1.165) is 42.6 Å². The molecule has 5 rings (SSSR count).